The molecule has 0 radical (unpaired) electrons. The Morgan fingerprint density at radius 1 is 1.24 bits per heavy atom. The molecule has 0 amide bonds. The van der Waals surface area contributed by atoms with E-state index < -0.39 is 0 Å². The number of nitrogens with one attached hydrogen (secondary N) is 1. The molecule has 2 fully saturated rings. The summed E-state index contributed by atoms with van der Waals surface area (Å²) < 4.78 is 2.06. The van der Waals surface area contributed by atoms with Crippen LogP contribution in [0.15, 0.2) is 24.8 Å². The van der Waals surface area contributed by atoms with E-state index in [1.165, 1.54) is 25.9 Å². The fraction of sp³-hybridized carbons (Fsp3) is 0.500. The summed E-state index contributed by atoms with van der Waals surface area (Å²) in [4.78, 5) is 10.6. The van der Waals surface area contributed by atoms with Crippen molar-refractivity contribution >= 4 is 23.2 Å². The highest BCUT2D eigenvalue weighted by molar-refractivity contribution is 6.30. The first kappa shape index (κ1) is 13.0. The van der Waals surface area contributed by atoms with Crippen LogP contribution in [0, 0.1) is 5.41 Å². The van der Waals surface area contributed by atoms with Crippen LogP contribution in [0.4, 0.5) is 11.6 Å². The summed E-state index contributed by atoms with van der Waals surface area (Å²) in [7, 11) is 2.18. The number of aromatic nitrogens is 4. The van der Waals surface area contributed by atoms with Gasteiger partial charge in [0, 0.05) is 19.3 Å². The molecule has 21 heavy (non-hydrogen) atoms. The van der Waals surface area contributed by atoms with Gasteiger partial charge in [-0.1, -0.05) is 11.6 Å². The molecule has 3 heterocycles. The average molecular weight is 305 g/mol. The van der Waals surface area contributed by atoms with Crippen molar-refractivity contribution in [1.82, 2.24) is 24.6 Å². The lowest BCUT2D eigenvalue weighted by atomic mass is 9.61. The molecule has 0 atom stereocenters. The van der Waals surface area contributed by atoms with E-state index in [9.17, 15) is 0 Å². The monoisotopic (exact) mass is 304 g/mol. The number of hydrogen-bond acceptors (Lipinski definition) is 5. The summed E-state index contributed by atoms with van der Waals surface area (Å²) in [6, 6.07) is 0.528. The van der Waals surface area contributed by atoms with Gasteiger partial charge >= 0.3 is 0 Å². The molecule has 4 rings (SSSR count). The number of anilines is 2. The zero-order chi connectivity index (χ0) is 14.4. The molecule has 2 aromatic rings. The van der Waals surface area contributed by atoms with Crippen LogP contribution < -0.4 is 5.32 Å². The molecule has 1 saturated carbocycles. The second kappa shape index (κ2) is 4.68. The standard InChI is InChI=1S/C14H17ClN6/c1-20-8-14(9-20)2-12(3-14)21-7-11(6-18-21)19-13-16-4-10(15)5-17-13/h4-7,12H,2-3,8-9H2,1H3,(H,16,17,19). The fourth-order valence-electron chi connectivity index (χ4n) is 3.59. The number of hydrogen-bond donors (Lipinski definition) is 1. The van der Waals surface area contributed by atoms with E-state index in [2.05, 4.69) is 37.0 Å². The van der Waals surface area contributed by atoms with Crippen molar-refractivity contribution in [3.8, 4) is 0 Å². The molecular formula is C14H17ClN6. The van der Waals surface area contributed by atoms with Gasteiger partial charge in [0.2, 0.25) is 5.95 Å². The van der Waals surface area contributed by atoms with Crippen molar-refractivity contribution in [3.05, 3.63) is 29.8 Å². The maximum Gasteiger partial charge on any atom is 0.227 e. The molecule has 1 N–H and O–H groups in total. The maximum absolute atomic E-state index is 5.77. The van der Waals surface area contributed by atoms with E-state index in [-0.39, 0.29) is 0 Å². The molecule has 0 bridgehead atoms. The smallest absolute Gasteiger partial charge is 0.227 e. The minimum atomic E-state index is 0.528. The highest BCUT2D eigenvalue weighted by Gasteiger charge is 2.51. The van der Waals surface area contributed by atoms with Crippen molar-refractivity contribution in [2.24, 2.45) is 5.41 Å². The quantitative estimate of drug-likeness (QED) is 0.943. The minimum absolute atomic E-state index is 0.528. The SMILES string of the molecule is CN1CC2(CC(n3cc(Nc4ncc(Cl)cn4)cn3)C2)C1. The second-order valence-electron chi connectivity index (χ2n) is 6.29. The van der Waals surface area contributed by atoms with Gasteiger partial charge < -0.3 is 10.2 Å². The third kappa shape index (κ3) is 2.38. The van der Waals surface area contributed by atoms with Gasteiger partial charge in [0.15, 0.2) is 0 Å². The topological polar surface area (TPSA) is 58.9 Å². The lowest BCUT2D eigenvalue weighted by Gasteiger charge is -2.58. The maximum atomic E-state index is 5.77. The van der Waals surface area contributed by atoms with Crippen LogP contribution in [0.5, 0.6) is 0 Å². The van der Waals surface area contributed by atoms with Gasteiger partial charge in [0.1, 0.15) is 0 Å². The molecule has 1 saturated heterocycles. The van der Waals surface area contributed by atoms with Gasteiger partial charge in [0.25, 0.3) is 0 Å². The summed E-state index contributed by atoms with van der Waals surface area (Å²) in [6.07, 6.45) is 9.45. The fourth-order valence-corrected chi connectivity index (χ4v) is 3.69. The largest absolute Gasteiger partial charge is 0.321 e. The van der Waals surface area contributed by atoms with Gasteiger partial charge in [-0.05, 0) is 25.3 Å². The van der Waals surface area contributed by atoms with Crippen molar-refractivity contribution < 1.29 is 0 Å². The molecule has 7 heteroatoms. The van der Waals surface area contributed by atoms with E-state index in [0.717, 1.165) is 5.69 Å². The zero-order valence-electron chi connectivity index (χ0n) is 11.8. The van der Waals surface area contributed by atoms with Crippen molar-refractivity contribution in [1.29, 1.82) is 0 Å². The van der Waals surface area contributed by atoms with Gasteiger partial charge in [-0.15, -0.1) is 0 Å². The van der Waals surface area contributed by atoms with E-state index in [0.29, 0.717) is 22.4 Å². The predicted octanol–water partition coefficient (Wildman–Crippen LogP) is 2.34. The van der Waals surface area contributed by atoms with Crippen molar-refractivity contribution in [2.45, 2.75) is 18.9 Å². The highest BCUT2D eigenvalue weighted by atomic mass is 35.5. The molecule has 0 aromatic carbocycles. The molecule has 0 unspecified atom stereocenters. The first-order valence-corrected chi connectivity index (χ1v) is 7.47. The van der Waals surface area contributed by atoms with Gasteiger partial charge in [0.05, 0.1) is 35.3 Å². The van der Waals surface area contributed by atoms with Crippen LogP contribution in [0.2, 0.25) is 5.02 Å². The molecule has 2 aromatic heterocycles. The first-order chi connectivity index (χ1) is 10.1. The molecule has 1 aliphatic heterocycles. The Labute approximate surface area is 128 Å². The molecule has 110 valence electrons. The molecule has 2 aliphatic rings. The van der Waals surface area contributed by atoms with Crippen molar-refractivity contribution in [2.75, 3.05) is 25.5 Å². The molecule has 1 spiro atoms. The number of halogens is 1. The Bertz CT molecular complexity index is 638. The second-order valence-corrected chi connectivity index (χ2v) is 6.73. The van der Waals surface area contributed by atoms with Gasteiger partial charge in [-0.3, -0.25) is 4.68 Å². The van der Waals surface area contributed by atoms with Crippen LogP contribution in [0.3, 0.4) is 0 Å². The summed E-state index contributed by atoms with van der Waals surface area (Å²) in [5, 5.41) is 8.12. The lowest BCUT2D eigenvalue weighted by molar-refractivity contribution is -0.0786. The Balaban J connectivity index is 1.39. The Hall–Kier alpha value is -1.66. The summed E-state index contributed by atoms with van der Waals surface area (Å²) in [5.74, 6) is 0.532. The zero-order valence-corrected chi connectivity index (χ0v) is 12.6. The third-order valence-corrected chi connectivity index (χ3v) is 4.60. The Morgan fingerprint density at radius 3 is 2.62 bits per heavy atom. The third-order valence-electron chi connectivity index (χ3n) is 4.40. The van der Waals surface area contributed by atoms with E-state index in [1.807, 2.05) is 12.4 Å². The lowest BCUT2D eigenvalue weighted by Crippen LogP contribution is -2.60. The van der Waals surface area contributed by atoms with E-state index >= 15 is 0 Å². The van der Waals surface area contributed by atoms with E-state index in [4.69, 9.17) is 11.6 Å². The number of nitrogens with zero attached hydrogens (tertiary/aromatic N) is 5. The highest BCUT2D eigenvalue weighted by Crippen LogP contribution is 2.53. The first-order valence-electron chi connectivity index (χ1n) is 7.09. The Kier molecular flexibility index (Phi) is 2.90. The van der Waals surface area contributed by atoms with Crippen LogP contribution in [-0.4, -0.2) is 44.8 Å². The summed E-state index contributed by atoms with van der Waals surface area (Å²) >= 11 is 5.77. The van der Waals surface area contributed by atoms with Crippen LogP contribution in [0.25, 0.3) is 0 Å². The van der Waals surface area contributed by atoms with E-state index in [1.54, 1.807) is 12.4 Å². The molecule has 1 aliphatic carbocycles. The van der Waals surface area contributed by atoms with Gasteiger partial charge in [-0.2, -0.15) is 5.10 Å². The molecule has 6 nitrogen and oxygen atoms in total. The molecular weight excluding hydrogens is 288 g/mol. The minimum Gasteiger partial charge on any atom is -0.321 e. The Morgan fingerprint density at radius 2 is 1.95 bits per heavy atom. The predicted molar refractivity (Wildman–Crippen MR) is 80.8 cm³/mol. The van der Waals surface area contributed by atoms with Crippen molar-refractivity contribution in [3.63, 3.8) is 0 Å². The number of likely N-dealkylation sites (tertiary alicyclic amines) is 1. The van der Waals surface area contributed by atoms with Gasteiger partial charge in [-0.25, -0.2) is 9.97 Å². The van der Waals surface area contributed by atoms with Crippen LogP contribution >= 0.6 is 11.6 Å². The van der Waals surface area contributed by atoms with Crippen LogP contribution in [0.1, 0.15) is 18.9 Å². The average Bonchev–Trinajstić information content (AvgIpc) is 2.83. The summed E-state index contributed by atoms with van der Waals surface area (Å²) in [6.45, 7) is 2.46. The summed E-state index contributed by atoms with van der Waals surface area (Å²) in [5.41, 5.74) is 1.47. The van der Waals surface area contributed by atoms with Crippen LogP contribution in [-0.2, 0) is 0 Å². The normalized spacial score (nSPS) is 21.0. The number of rotatable bonds is 3.